The Bertz CT molecular complexity index is 811. The molecule has 0 bridgehead atoms. The normalized spacial score (nSPS) is 10.7. The van der Waals surface area contributed by atoms with E-state index in [2.05, 4.69) is 20.5 Å². The number of ether oxygens (including phenoxy) is 1. The summed E-state index contributed by atoms with van der Waals surface area (Å²) >= 11 is 0. The fourth-order valence-corrected chi connectivity index (χ4v) is 2.03. The number of carbonyl (C=O) groups is 2. The Labute approximate surface area is 154 Å². The van der Waals surface area contributed by atoms with Gasteiger partial charge in [-0.1, -0.05) is 17.3 Å². The minimum Gasteiger partial charge on any atom is -0.434 e. The number of para-hydroxylation sites is 1. The monoisotopic (exact) mass is 377 g/mol. The summed E-state index contributed by atoms with van der Waals surface area (Å²) in [5, 5.41) is 8.64. The molecular formula is C18H17F2N3O4. The van der Waals surface area contributed by atoms with E-state index in [0.29, 0.717) is 11.3 Å². The van der Waals surface area contributed by atoms with Crippen LogP contribution in [-0.2, 0) is 9.63 Å². The number of alkyl halides is 2. The number of nitrogens with zero attached hydrogens (tertiary/aromatic N) is 1. The first kappa shape index (κ1) is 19.8. The van der Waals surface area contributed by atoms with Crippen molar-refractivity contribution in [3.8, 4) is 5.75 Å². The van der Waals surface area contributed by atoms with Gasteiger partial charge in [-0.15, -0.1) is 0 Å². The standard InChI is InChI=1S/C18H17F2N3O4/c1-21-17(25)12-6-8-14(9-7-12)23-16(24)11-26-22-10-13-4-2-3-5-15(13)27-18(19)20/h2-10,18H,11H2,1H3,(H,21,25)(H,23,24)/b22-10+. The van der Waals surface area contributed by atoms with Gasteiger partial charge in [-0.2, -0.15) is 8.78 Å². The predicted molar refractivity (Wildman–Crippen MR) is 95.1 cm³/mol. The van der Waals surface area contributed by atoms with Gasteiger partial charge >= 0.3 is 6.61 Å². The minimum absolute atomic E-state index is 0.0551. The molecule has 0 aliphatic heterocycles. The molecule has 2 amide bonds. The van der Waals surface area contributed by atoms with Gasteiger partial charge in [-0.3, -0.25) is 9.59 Å². The third-order valence-electron chi connectivity index (χ3n) is 3.25. The Kier molecular flexibility index (Phi) is 7.24. The molecule has 27 heavy (non-hydrogen) atoms. The fourth-order valence-electron chi connectivity index (χ4n) is 2.03. The van der Waals surface area contributed by atoms with Crippen LogP contribution in [0.3, 0.4) is 0 Å². The number of hydrogen-bond donors (Lipinski definition) is 2. The van der Waals surface area contributed by atoms with Gasteiger partial charge in [0.2, 0.25) is 0 Å². The lowest BCUT2D eigenvalue weighted by Crippen LogP contribution is -2.19. The van der Waals surface area contributed by atoms with Crippen LogP contribution in [0.4, 0.5) is 14.5 Å². The summed E-state index contributed by atoms with van der Waals surface area (Å²) < 4.78 is 29.0. The highest BCUT2D eigenvalue weighted by Crippen LogP contribution is 2.18. The summed E-state index contributed by atoms with van der Waals surface area (Å²) in [7, 11) is 1.52. The Morgan fingerprint density at radius 2 is 1.85 bits per heavy atom. The number of rotatable bonds is 8. The first-order valence-corrected chi connectivity index (χ1v) is 7.80. The predicted octanol–water partition coefficient (Wildman–Crippen LogP) is 2.64. The molecule has 0 aromatic heterocycles. The zero-order valence-electron chi connectivity index (χ0n) is 14.3. The number of anilines is 1. The summed E-state index contributed by atoms with van der Waals surface area (Å²) in [6.45, 7) is -3.34. The number of amides is 2. The second-order valence-electron chi connectivity index (χ2n) is 5.13. The lowest BCUT2D eigenvalue weighted by Gasteiger charge is -2.07. The number of hydrogen-bond acceptors (Lipinski definition) is 5. The van der Waals surface area contributed by atoms with E-state index in [4.69, 9.17) is 4.84 Å². The van der Waals surface area contributed by atoms with Crippen molar-refractivity contribution < 1.29 is 27.9 Å². The van der Waals surface area contributed by atoms with E-state index < -0.39 is 12.5 Å². The zero-order valence-corrected chi connectivity index (χ0v) is 14.3. The topological polar surface area (TPSA) is 89.0 Å². The fraction of sp³-hybridized carbons (Fsp3) is 0.167. The Morgan fingerprint density at radius 1 is 1.15 bits per heavy atom. The average Bonchev–Trinajstić information content (AvgIpc) is 2.66. The van der Waals surface area contributed by atoms with Gasteiger partial charge in [0.25, 0.3) is 11.8 Å². The smallest absolute Gasteiger partial charge is 0.387 e. The van der Waals surface area contributed by atoms with Crippen molar-refractivity contribution >= 4 is 23.7 Å². The van der Waals surface area contributed by atoms with Crippen LogP contribution in [0.25, 0.3) is 0 Å². The van der Waals surface area contributed by atoms with Crippen LogP contribution in [0, 0.1) is 0 Å². The van der Waals surface area contributed by atoms with E-state index in [1.165, 1.54) is 25.4 Å². The lowest BCUT2D eigenvalue weighted by atomic mass is 10.2. The van der Waals surface area contributed by atoms with Crippen molar-refractivity contribution in [2.75, 3.05) is 19.0 Å². The summed E-state index contributed by atoms with van der Waals surface area (Å²) in [6, 6.07) is 12.3. The Morgan fingerprint density at radius 3 is 2.52 bits per heavy atom. The molecule has 9 heteroatoms. The highest BCUT2D eigenvalue weighted by atomic mass is 19.3. The van der Waals surface area contributed by atoms with Gasteiger partial charge in [0.1, 0.15) is 5.75 Å². The Hall–Kier alpha value is -3.49. The van der Waals surface area contributed by atoms with Crippen molar-refractivity contribution in [1.29, 1.82) is 0 Å². The molecule has 2 N–H and O–H groups in total. The van der Waals surface area contributed by atoms with Crippen LogP contribution in [0.15, 0.2) is 53.7 Å². The largest absolute Gasteiger partial charge is 0.434 e. The molecule has 0 fully saturated rings. The van der Waals surface area contributed by atoms with Gasteiger partial charge in [-0.25, -0.2) is 0 Å². The summed E-state index contributed by atoms with van der Waals surface area (Å²) in [6.07, 6.45) is 1.17. The highest BCUT2D eigenvalue weighted by Gasteiger charge is 2.08. The summed E-state index contributed by atoms with van der Waals surface area (Å²) in [4.78, 5) is 28.1. The molecule has 0 unspecified atom stereocenters. The van der Waals surface area contributed by atoms with Crippen molar-refractivity contribution in [1.82, 2.24) is 5.32 Å². The van der Waals surface area contributed by atoms with E-state index in [1.807, 2.05) is 0 Å². The van der Waals surface area contributed by atoms with Gasteiger partial charge in [-0.05, 0) is 36.4 Å². The molecule has 0 aliphatic carbocycles. The van der Waals surface area contributed by atoms with E-state index in [0.717, 1.165) is 0 Å². The molecule has 2 rings (SSSR count). The second kappa shape index (κ2) is 9.85. The maximum Gasteiger partial charge on any atom is 0.387 e. The van der Waals surface area contributed by atoms with Crippen LogP contribution in [0.5, 0.6) is 5.75 Å². The molecule has 0 heterocycles. The van der Waals surface area contributed by atoms with Gasteiger partial charge in [0.15, 0.2) is 6.61 Å². The average molecular weight is 377 g/mol. The second-order valence-corrected chi connectivity index (χ2v) is 5.13. The number of benzene rings is 2. The third-order valence-corrected chi connectivity index (χ3v) is 3.25. The molecule has 0 radical (unpaired) electrons. The zero-order chi connectivity index (χ0) is 19.6. The maximum atomic E-state index is 12.3. The molecule has 0 aliphatic rings. The van der Waals surface area contributed by atoms with E-state index in [1.54, 1.807) is 36.4 Å². The summed E-state index contributed by atoms with van der Waals surface area (Å²) in [5.41, 5.74) is 1.22. The molecular weight excluding hydrogens is 360 g/mol. The molecule has 2 aromatic rings. The minimum atomic E-state index is -2.96. The van der Waals surface area contributed by atoms with Gasteiger partial charge in [0.05, 0.1) is 6.21 Å². The molecule has 7 nitrogen and oxygen atoms in total. The molecule has 142 valence electrons. The quantitative estimate of drug-likeness (QED) is 0.547. The van der Waals surface area contributed by atoms with Crippen molar-refractivity contribution in [2.45, 2.75) is 6.61 Å². The van der Waals surface area contributed by atoms with E-state index in [9.17, 15) is 18.4 Å². The van der Waals surface area contributed by atoms with Crippen molar-refractivity contribution in [3.05, 3.63) is 59.7 Å². The van der Waals surface area contributed by atoms with Crippen LogP contribution in [-0.4, -0.2) is 38.3 Å². The van der Waals surface area contributed by atoms with Crippen LogP contribution < -0.4 is 15.4 Å². The van der Waals surface area contributed by atoms with Crippen molar-refractivity contribution in [2.24, 2.45) is 5.16 Å². The highest BCUT2D eigenvalue weighted by molar-refractivity contribution is 5.95. The molecule has 0 spiro atoms. The van der Waals surface area contributed by atoms with Crippen LogP contribution in [0.1, 0.15) is 15.9 Å². The first-order chi connectivity index (χ1) is 13.0. The SMILES string of the molecule is CNC(=O)c1ccc(NC(=O)CO/N=C/c2ccccc2OC(F)F)cc1. The molecule has 0 saturated heterocycles. The summed E-state index contributed by atoms with van der Waals surface area (Å²) in [5.74, 6) is -0.765. The lowest BCUT2D eigenvalue weighted by molar-refractivity contribution is -0.120. The first-order valence-electron chi connectivity index (χ1n) is 7.80. The third kappa shape index (κ3) is 6.38. The van der Waals surface area contributed by atoms with Gasteiger partial charge in [0, 0.05) is 23.9 Å². The van der Waals surface area contributed by atoms with Gasteiger partial charge < -0.3 is 20.2 Å². The number of nitrogens with one attached hydrogen (secondary N) is 2. The molecule has 2 aromatic carbocycles. The van der Waals surface area contributed by atoms with Crippen LogP contribution in [0.2, 0.25) is 0 Å². The van der Waals surface area contributed by atoms with Crippen molar-refractivity contribution in [3.63, 3.8) is 0 Å². The number of carbonyl (C=O) groups excluding carboxylic acids is 2. The van der Waals surface area contributed by atoms with Crippen LogP contribution >= 0.6 is 0 Å². The number of halogens is 2. The Balaban J connectivity index is 1.84. The molecule has 0 atom stereocenters. The van der Waals surface area contributed by atoms with E-state index in [-0.39, 0.29) is 23.8 Å². The maximum absolute atomic E-state index is 12.3. The van der Waals surface area contributed by atoms with E-state index >= 15 is 0 Å². The molecule has 0 saturated carbocycles. The number of oxime groups is 1.